The second-order valence-electron chi connectivity index (χ2n) is 11.6. The average Bonchev–Trinajstić information content (AvgIpc) is 3.09. The molecule has 212 valence electrons. The fourth-order valence-electron chi connectivity index (χ4n) is 6.77. The topological polar surface area (TPSA) is 0 Å². The van der Waals surface area contributed by atoms with Gasteiger partial charge in [0.2, 0.25) is 0 Å². The highest BCUT2D eigenvalue weighted by Crippen LogP contribution is 2.59. The zero-order valence-electron chi connectivity index (χ0n) is 24.6. The van der Waals surface area contributed by atoms with Gasteiger partial charge in [0.05, 0.1) is 0 Å². The highest BCUT2D eigenvalue weighted by atomic mass is 31.1. The van der Waals surface area contributed by atoms with Crippen LogP contribution in [0.25, 0.3) is 0 Å². The van der Waals surface area contributed by atoms with Crippen molar-refractivity contribution in [3.05, 3.63) is 179 Å². The molecule has 0 aliphatic heterocycles. The number of hydrogen-bond donors (Lipinski definition) is 0. The van der Waals surface area contributed by atoms with Gasteiger partial charge in [-0.2, -0.15) is 0 Å². The highest BCUT2D eigenvalue weighted by Gasteiger charge is 2.33. The minimum absolute atomic E-state index is 0.391. The van der Waals surface area contributed by atoms with Crippen LogP contribution in [-0.4, -0.2) is 0 Å². The molecule has 7 rings (SSSR count). The number of hydrogen-bond acceptors (Lipinski definition) is 0. The number of rotatable bonds is 6. The lowest BCUT2D eigenvalue weighted by Crippen LogP contribution is -2.20. The van der Waals surface area contributed by atoms with E-state index in [9.17, 15) is 0 Å². The Bertz CT molecular complexity index is 1630. The molecule has 2 aliphatic carbocycles. The molecule has 0 N–H and O–H groups in total. The lowest BCUT2D eigenvalue weighted by molar-refractivity contribution is 0.818. The van der Waals surface area contributed by atoms with Crippen LogP contribution in [0, 0.1) is 0 Å². The monoisotopic (exact) mass is 592 g/mol. The minimum Gasteiger partial charge on any atom is -0.0842 e. The van der Waals surface area contributed by atoms with Gasteiger partial charge in [0.25, 0.3) is 0 Å². The van der Waals surface area contributed by atoms with Gasteiger partial charge < -0.3 is 0 Å². The van der Waals surface area contributed by atoms with Gasteiger partial charge in [-0.3, -0.25) is 0 Å². The SMILES string of the molecule is C1=C\C2=C(\P(c3ccccc3)c3ccccc3)CC(P(c3ccccc3)c3ccccc3)c3cc(ccc3CCC/1)CC2. The van der Waals surface area contributed by atoms with Crippen LogP contribution in [0.15, 0.2) is 163 Å². The average molecular weight is 593 g/mol. The third kappa shape index (κ3) is 6.24. The van der Waals surface area contributed by atoms with E-state index in [4.69, 9.17) is 0 Å². The van der Waals surface area contributed by atoms with E-state index in [1.54, 1.807) is 22.0 Å². The van der Waals surface area contributed by atoms with Gasteiger partial charge in [-0.25, -0.2) is 0 Å². The molecule has 0 heterocycles. The van der Waals surface area contributed by atoms with Crippen LogP contribution in [0.1, 0.15) is 48.0 Å². The molecule has 0 amide bonds. The van der Waals surface area contributed by atoms with Gasteiger partial charge in [0.15, 0.2) is 0 Å². The molecule has 1 unspecified atom stereocenters. The van der Waals surface area contributed by atoms with E-state index >= 15 is 0 Å². The zero-order chi connectivity index (χ0) is 28.8. The maximum Gasteiger partial charge on any atom is 0.0166 e. The lowest BCUT2D eigenvalue weighted by Gasteiger charge is -2.34. The molecule has 1 atom stereocenters. The summed E-state index contributed by atoms with van der Waals surface area (Å²) in [6.45, 7) is 0. The first-order chi connectivity index (χ1) is 21.3. The van der Waals surface area contributed by atoms with Gasteiger partial charge in [-0.05, 0) is 103 Å². The van der Waals surface area contributed by atoms with Crippen LogP contribution in [0.5, 0.6) is 0 Å². The third-order valence-electron chi connectivity index (χ3n) is 8.82. The van der Waals surface area contributed by atoms with E-state index in [-0.39, 0.29) is 0 Å². The van der Waals surface area contributed by atoms with Crippen LogP contribution in [-0.2, 0) is 12.8 Å². The largest absolute Gasteiger partial charge is 0.0842 e. The summed E-state index contributed by atoms with van der Waals surface area (Å²) in [5.41, 5.74) is 6.58. The summed E-state index contributed by atoms with van der Waals surface area (Å²) >= 11 is 0. The summed E-state index contributed by atoms with van der Waals surface area (Å²) in [5.74, 6) is 0. The van der Waals surface area contributed by atoms with Crippen LogP contribution >= 0.6 is 15.8 Å². The number of allylic oxidation sites excluding steroid dienone is 4. The summed E-state index contributed by atoms with van der Waals surface area (Å²) in [6, 6.07) is 53.0. The molecule has 0 nitrogen and oxygen atoms in total. The van der Waals surface area contributed by atoms with Crippen molar-refractivity contribution >= 4 is 37.1 Å². The van der Waals surface area contributed by atoms with Crippen LogP contribution in [0.3, 0.4) is 0 Å². The number of benzene rings is 5. The Kier molecular flexibility index (Phi) is 8.79. The first kappa shape index (κ1) is 28.2. The van der Waals surface area contributed by atoms with Crippen molar-refractivity contribution in [2.45, 2.75) is 44.2 Å². The Hall–Kier alpha value is -3.56. The first-order valence-corrected chi connectivity index (χ1v) is 18.4. The Balaban J connectivity index is 1.51. The first-order valence-electron chi connectivity index (χ1n) is 15.6. The van der Waals surface area contributed by atoms with Gasteiger partial charge in [-0.15, -0.1) is 0 Å². The molecular weight excluding hydrogens is 554 g/mol. The molecule has 5 aromatic carbocycles. The molecule has 0 spiro atoms. The van der Waals surface area contributed by atoms with E-state index in [1.165, 1.54) is 33.2 Å². The number of aryl methyl sites for hydroxylation is 2. The summed E-state index contributed by atoms with van der Waals surface area (Å²) in [6.07, 6.45) is 11.7. The van der Waals surface area contributed by atoms with Crippen molar-refractivity contribution in [2.24, 2.45) is 0 Å². The molecule has 0 radical (unpaired) electrons. The molecule has 3 bridgehead atoms. The highest BCUT2D eigenvalue weighted by molar-refractivity contribution is 7.77. The second-order valence-corrected chi connectivity index (χ2v) is 16.2. The summed E-state index contributed by atoms with van der Waals surface area (Å²) in [5, 5.41) is 7.50. The Morgan fingerprint density at radius 2 is 1.09 bits per heavy atom. The zero-order valence-corrected chi connectivity index (χ0v) is 26.4. The molecule has 0 aromatic heterocycles. The van der Waals surface area contributed by atoms with Gasteiger partial charge in [0.1, 0.15) is 0 Å². The Labute approximate surface area is 259 Å². The van der Waals surface area contributed by atoms with Gasteiger partial charge in [0, 0.05) is 5.66 Å². The summed E-state index contributed by atoms with van der Waals surface area (Å²) in [7, 11) is -1.35. The van der Waals surface area contributed by atoms with Crippen molar-refractivity contribution < 1.29 is 0 Å². The van der Waals surface area contributed by atoms with Crippen LogP contribution < -0.4 is 21.2 Å². The fourth-order valence-corrected chi connectivity index (χ4v) is 12.5. The third-order valence-corrected chi connectivity index (χ3v) is 14.3. The molecule has 0 saturated heterocycles. The fraction of sp³-hybridized carbons (Fsp3) is 0.171. The van der Waals surface area contributed by atoms with E-state index in [2.05, 4.69) is 152 Å². The predicted octanol–water partition coefficient (Wildman–Crippen LogP) is 9.48. The quantitative estimate of drug-likeness (QED) is 0.172. The van der Waals surface area contributed by atoms with Crippen LogP contribution in [0.4, 0.5) is 0 Å². The number of fused-ring (bicyclic) bond motifs is 3. The standard InChI is InChI=1S/C41H38P2/c1-6-16-33-28-26-32-27-29-34(17-7-1)40(42(35-18-8-2-9-19-35)36-20-10-3-11-21-36)31-41(39(33)30-32)43(37-22-12-4-13-23-37)38-24-14-5-15-25-38/h2-5,7-15,17-26,28,30,41H,1,6,16,27,29,31H2/b17-7-,40-34-. The van der Waals surface area contributed by atoms with E-state index in [1.807, 2.05) is 0 Å². The smallest absolute Gasteiger partial charge is 0.0166 e. The molecule has 43 heavy (non-hydrogen) atoms. The van der Waals surface area contributed by atoms with E-state index in [0.717, 1.165) is 32.1 Å². The molecule has 5 aromatic rings. The summed E-state index contributed by atoms with van der Waals surface area (Å²) in [4.78, 5) is 0. The second kappa shape index (κ2) is 13.4. The molecule has 0 saturated carbocycles. The molecule has 2 heteroatoms. The minimum atomic E-state index is -0.694. The Morgan fingerprint density at radius 3 is 1.67 bits per heavy atom. The maximum atomic E-state index is 2.61. The summed E-state index contributed by atoms with van der Waals surface area (Å²) < 4.78 is 0. The maximum absolute atomic E-state index is 2.61. The van der Waals surface area contributed by atoms with Crippen molar-refractivity contribution in [1.29, 1.82) is 0 Å². The lowest BCUT2D eigenvalue weighted by atomic mass is 9.95. The van der Waals surface area contributed by atoms with Gasteiger partial charge in [-0.1, -0.05) is 152 Å². The van der Waals surface area contributed by atoms with Gasteiger partial charge >= 0.3 is 0 Å². The molecule has 2 aliphatic rings. The van der Waals surface area contributed by atoms with Crippen molar-refractivity contribution in [3.63, 3.8) is 0 Å². The van der Waals surface area contributed by atoms with Crippen molar-refractivity contribution in [2.75, 3.05) is 0 Å². The van der Waals surface area contributed by atoms with Crippen molar-refractivity contribution in [3.8, 4) is 0 Å². The predicted molar refractivity (Wildman–Crippen MR) is 189 cm³/mol. The molecular formula is C41H38P2. The van der Waals surface area contributed by atoms with E-state index < -0.39 is 15.8 Å². The van der Waals surface area contributed by atoms with E-state index in [0.29, 0.717) is 5.66 Å². The normalized spacial score (nSPS) is 19.2. The Morgan fingerprint density at radius 1 is 0.535 bits per heavy atom. The van der Waals surface area contributed by atoms with Crippen molar-refractivity contribution in [1.82, 2.24) is 0 Å². The molecule has 0 fully saturated rings. The van der Waals surface area contributed by atoms with Crippen LogP contribution in [0.2, 0.25) is 0 Å².